The van der Waals surface area contributed by atoms with Crippen LogP contribution in [0.15, 0.2) is 36.7 Å². The predicted molar refractivity (Wildman–Crippen MR) is 65.5 cm³/mol. The van der Waals surface area contributed by atoms with Gasteiger partial charge < -0.3 is 10.5 Å². The number of rotatable bonds is 2. The number of hydrogen-bond acceptors (Lipinski definition) is 3. The molecule has 0 amide bonds. The van der Waals surface area contributed by atoms with Crippen molar-refractivity contribution < 1.29 is 17.9 Å². The molecular formula is C13H11F3N2O. The summed E-state index contributed by atoms with van der Waals surface area (Å²) in [6, 6.07) is 6.04. The molecule has 0 atom stereocenters. The number of nitrogens with zero attached hydrogens (tertiary/aromatic N) is 1. The summed E-state index contributed by atoms with van der Waals surface area (Å²) < 4.78 is 40.6. The fourth-order valence-corrected chi connectivity index (χ4v) is 1.68. The zero-order chi connectivity index (χ0) is 14.0. The number of ether oxygens (including phenoxy) is 1. The van der Waals surface area contributed by atoms with Gasteiger partial charge in [0.25, 0.3) is 0 Å². The number of halogens is 3. The van der Waals surface area contributed by atoms with Gasteiger partial charge in [-0.05, 0) is 36.2 Å². The number of nitrogen functional groups attached to an aromatic ring is 1. The number of benzene rings is 1. The molecule has 6 heteroatoms. The van der Waals surface area contributed by atoms with Crippen molar-refractivity contribution in [3.8, 4) is 16.9 Å². The third kappa shape index (κ3) is 3.15. The fraction of sp³-hybridized carbons (Fsp3) is 0.154. The van der Waals surface area contributed by atoms with Crippen molar-refractivity contribution in [2.75, 3.05) is 5.73 Å². The molecule has 19 heavy (non-hydrogen) atoms. The molecule has 0 aliphatic carbocycles. The number of nitrogens with two attached hydrogens (primary N) is 1. The van der Waals surface area contributed by atoms with Gasteiger partial charge in [0.15, 0.2) is 5.75 Å². The highest BCUT2D eigenvalue weighted by molar-refractivity contribution is 5.71. The maximum atomic E-state index is 12.2. The van der Waals surface area contributed by atoms with E-state index in [1.807, 2.05) is 6.92 Å². The SMILES string of the molecule is Cc1ccncc1-c1ccc(N)c(OC(F)(F)F)c1. The summed E-state index contributed by atoms with van der Waals surface area (Å²) >= 11 is 0. The van der Waals surface area contributed by atoms with Gasteiger partial charge in [-0.25, -0.2) is 0 Å². The first-order valence-electron chi connectivity index (χ1n) is 5.43. The molecule has 0 aliphatic heterocycles. The van der Waals surface area contributed by atoms with Gasteiger partial charge in [-0.15, -0.1) is 13.2 Å². The van der Waals surface area contributed by atoms with Crippen molar-refractivity contribution in [2.45, 2.75) is 13.3 Å². The van der Waals surface area contributed by atoms with E-state index in [0.717, 1.165) is 11.1 Å². The van der Waals surface area contributed by atoms with Gasteiger partial charge in [-0.1, -0.05) is 6.07 Å². The molecule has 2 rings (SSSR count). The lowest BCUT2D eigenvalue weighted by atomic mass is 10.0. The molecule has 0 spiro atoms. The lowest BCUT2D eigenvalue weighted by Crippen LogP contribution is -2.18. The Kier molecular flexibility index (Phi) is 3.33. The van der Waals surface area contributed by atoms with Crippen LogP contribution in [-0.4, -0.2) is 11.3 Å². The van der Waals surface area contributed by atoms with Gasteiger partial charge in [-0.2, -0.15) is 0 Å². The highest BCUT2D eigenvalue weighted by atomic mass is 19.4. The average Bonchev–Trinajstić information content (AvgIpc) is 2.31. The van der Waals surface area contributed by atoms with Crippen molar-refractivity contribution >= 4 is 5.69 Å². The molecule has 0 radical (unpaired) electrons. The number of aryl methyl sites for hydroxylation is 1. The minimum atomic E-state index is -4.77. The molecule has 1 heterocycles. The summed E-state index contributed by atoms with van der Waals surface area (Å²) in [6.07, 6.45) is -1.57. The molecule has 2 aromatic rings. The Labute approximate surface area is 107 Å². The van der Waals surface area contributed by atoms with E-state index in [9.17, 15) is 13.2 Å². The normalized spacial score (nSPS) is 11.4. The minimum absolute atomic E-state index is 0.0670. The molecule has 0 saturated carbocycles. The van der Waals surface area contributed by atoms with Crippen molar-refractivity contribution in [1.29, 1.82) is 0 Å². The molecule has 2 N–H and O–H groups in total. The second kappa shape index (κ2) is 4.79. The van der Waals surface area contributed by atoms with Crippen LogP contribution in [0.5, 0.6) is 5.75 Å². The molecule has 0 saturated heterocycles. The first-order chi connectivity index (χ1) is 8.87. The van der Waals surface area contributed by atoms with Crippen LogP contribution in [-0.2, 0) is 0 Å². The van der Waals surface area contributed by atoms with E-state index < -0.39 is 12.1 Å². The van der Waals surface area contributed by atoms with E-state index in [4.69, 9.17) is 5.73 Å². The summed E-state index contributed by atoms with van der Waals surface area (Å²) in [6.45, 7) is 1.84. The number of hydrogen-bond donors (Lipinski definition) is 1. The second-order valence-corrected chi connectivity index (χ2v) is 3.99. The predicted octanol–water partition coefficient (Wildman–Crippen LogP) is 3.54. The first-order valence-corrected chi connectivity index (χ1v) is 5.43. The monoisotopic (exact) mass is 268 g/mol. The lowest BCUT2D eigenvalue weighted by Gasteiger charge is -2.13. The quantitative estimate of drug-likeness (QED) is 0.847. The highest BCUT2D eigenvalue weighted by Gasteiger charge is 2.32. The van der Waals surface area contributed by atoms with Gasteiger partial charge in [-0.3, -0.25) is 4.98 Å². The molecular weight excluding hydrogens is 257 g/mol. The molecule has 1 aromatic heterocycles. The summed E-state index contributed by atoms with van der Waals surface area (Å²) in [7, 11) is 0. The topological polar surface area (TPSA) is 48.1 Å². The molecule has 3 nitrogen and oxygen atoms in total. The van der Waals surface area contributed by atoms with Crippen molar-refractivity contribution in [2.24, 2.45) is 0 Å². The maximum absolute atomic E-state index is 12.2. The van der Waals surface area contributed by atoms with Gasteiger partial charge >= 0.3 is 6.36 Å². The molecule has 0 bridgehead atoms. The second-order valence-electron chi connectivity index (χ2n) is 3.99. The van der Waals surface area contributed by atoms with Crippen molar-refractivity contribution in [3.63, 3.8) is 0 Å². The number of aromatic nitrogens is 1. The van der Waals surface area contributed by atoms with E-state index in [1.54, 1.807) is 24.5 Å². The average molecular weight is 268 g/mol. The Bertz CT molecular complexity index is 597. The Balaban J connectivity index is 2.44. The molecule has 100 valence electrons. The van der Waals surface area contributed by atoms with Crippen LogP contribution in [0.25, 0.3) is 11.1 Å². The van der Waals surface area contributed by atoms with Crippen LogP contribution < -0.4 is 10.5 Å². The lowest BCUT2D eigenvalue weighted by molar-refractivity contribution is -0.274. The largest absolute Gasteiger partial charge is 0.573 e. The third-order valence-electron chi connectivity index (χ3n) is 2.59. The minimum Gasteiger partial charge on any atom is -0.404 e. The number of alkyl halides is 3. The van der Waals surface area contributed by atoms with Gasteiger partial charge in [0.1, 0.15) is 0 Å². The smallest absolute Gasteiger partial charge is 0.404 e. The first kappa shape index (κ1) is 13.2. The Morgan fingerprint density at radius 3 is 2.58 bits per heavy atom. The van der Waals surface area contributed by atoms with E-state index in [0.29, 0.717) is 5.56 Å². The van der Waals surface area contributed by atoms with Crippen LogP contribution in [0.3, 0.4) is 0 Å². The molecule has 1 aromatic carbocycles. The standard InChI is InChI=1S/C13H11F3N2O/c1-8-4-5-18-7-10(8)9-2-3-11(17)12(6-9)19-13(14,15)16/h2-7H,17H2,1H3. The Morgan fingerprint density at radius 1 is 1.21 bits per heavy atom. The molecule has 0 aliphatic rings. The summed E-state index contributed by atoms with van der Waals surface area (Å²) in [4.78, 5) is 3.95. The van der Waals surface area contributed by atoms with Crippen LogP contribution >= 0.6 is 0 Å². The van der Waals surface area contributed by atoms with Crippen LogP contribution in [0, 0.1) is 6.92 Å². The molecule has 0 unspecified atom stereocenters. The fourth-order valence-electron chi connectivity index (χ4n) is 1.68. The van der Waals surface area contributed by atoms with E-state index >= 15 is 0 Å². The van der Waals surface area contributed by atoms with Crippen LogP contribution in [0.1, 0.15) is 5.56 Å². The maximum Gasteiger partial charge on any atom is 0.573 e. The van der Waals surface area contributed by atoms with Gasteiger partial charge in [0.05, 0.1) is 5.69 Å². The van der Waals surface area contributed by atoms with Crippen molar-refractivity contribution in [1.82, 2.24) is 4.98 Å². The van der Waals surface area contributed by atoms with E-state index in [1.165, 1.54) is 12.1 Å². The van der Waals surface area contributed by atoms with Gasteiger partial charge in [0, 0.05) is 18.0 Å². The van der Waals surface area contributed by atoms with Gasteiger partial charge in [0.2, 0.25) is 0 Å². The van der Waals surface area contributed by atoms with E-state index in [-0.39, 0.29) is 5.69 Å². The Hall–Kier alpha value is -2.24. The summed E-state index contributed by atoms with van der Waals surface area (Å²) in [5, 5.41) is 0. The zero-order valence-corrected chi connectivity index (χ0v) is 10.0. The van der Waals surface area contributed by atoms with Crippen LogP contribution in [0.2, 0.25) is 0 Å². The third-order valence-corrected chi connectivity index (χ3v) is 2.59. The van der Waals surface area contributed by atoms with E-state index in [2.05, 4.69) is 9.72 Å². The summed E-state index contributed by atoms with van der Waals surface area (Å²) in [5.41, 5.74) is 7.61. The number of pyridine rings is 1. The van der Waals surface area contributed by atoms with Crippen molar-refractivity contribution in [3.05, 3.63) is 42.2 Å². The highest BCUT2D eigenvalue weighted by Crippen LogP contribution is 2.33. The number of anilines is 1. The summed E-state index contributed by atoms with van der Waals surface area (Å²) in [5.74, 6) is -0.409. The zero-order valence-electron chi connectivity index (χ0n) is 10.0. The van der Waals surface area contributed by atoms with Crippen LogP contribution in [0.4, 0.5) is 18.9 Å². The Morgan fingerprint density at radius 2 is 1.95 bits per heavy atom. The molecule has 0 fully saturated rings.